The summed E-state index contributed by atoms with van der Waals surface area (Å²) < 4.78 is 5.08. The van der Waals surface area contributed by atoms with Crippen LogP contribution in [0.3, 0.4) is 0 Å². The van der Waals surface area contributed by atoms with Crippen LogP contribution in [0, 0.1) is 6.92 Å². The fourth-order valence-corrected chi connectivity index (χ4v) is 1.62. The third-order valence-corrected chi connectivity index (χ3v) is 2.46. The van der Waals surface area contributed by atoms with E-state index < -0.39 is 18.4 Å². The van der Waals surface area contributed by atoms with E-state index in [1.54, 1.807) is 6.07 Å². The summed E-state index contributed by atoms with van der Waals surface area (Å²) in [4.78, 5) is 21.8. The number of carbonyl (C=O) groups excluding carboxylic acids is 1. The monoisotopic (exact) mass is 248 g/mol. The van der Waals surface area contributed by atoms with Gasteiger partial charge in [-0.05, 0) is 19.1 Å². The molecule has 0 aliphatic carbocycles. The van der Waals surface area contributed by atoms with Crippen molar-refractivity contribution in [3.8, 4) is 0 Å². The minimum absolute atomic E-state index is 0.00370. The number of aliphatic carboxylic acids is 1. The quantitative estimate of drug-likeness (QED) is 0.837. The maximum absolute atomic E-state index is 11.5. The van der Waals surface area contributed by atoms with Crippen molar-refractivity contribution in [3.05, 3.63) is 29.5 Å². The first-order valence-corrected chi connectivity index (χ1v) is 5.39. The smallest absolute Gasteiger partial charge is 0.322 e. The van der Waals surface area contributed by atoms with Gasteiger partial charge >= 0.3 is 5.97 Å². The van der Waals surface area contributed by atoms with Crippen LogP contribution in [-0.4, -0.2) is 28.7 Å². The van der Waals surface area contributed by atoms with E-state index in [2.05, 4.69) is 10.5 Å². The first kappa shape index (κ1) is 12.1. The number of hydrogen-bond acceptors (Lipinski definition) is 4. The average molecular weight is 248 g/mol. The Morgan fingerprint density at radius 2 is 2.22 bits per heavy atom. The zero-order valence-electron chi connectivity index (χ0n) is 9.77. The van der Waals surface area contributed by atoms with E-state index in [1.807, 2.05) is 19.1 Å². The highest BCUT2D eigenvalue weighted by atomic mass is 16.5. The summed E-state index contributed by atoms with van der Waals surface area (Å²) in [5.74, 6) is -1.47. The second-order valence-electron chi connectivity index (χ2n) is 3.98. The molecule has 1 amide bonds. The van der Waals surface area contributed by atoms with E-state index in [-0.39, 0.29) is 6.42 Å². The van der Waals surface area contributed by atoms with Crippen molar-refractivity contribution >= 4 is 22.8 Å². The van der Waals surface area contributed by atoms with Gasteiger partial charge in [0.2, 0.25) is 5.91 Å². The lowest BCUT2D eigenvalue weighted by molar-refractivity contribution is -0.137. The van der Waals surface area contributed by atoms with Crippen LogP contribution in [0.5, 0.6) is 0 Å². The van der Waals surface area contributed by atoms with Crippen molar-refractivity contribution in [3.63, 3.8) is 0 Å². The summed E-state index contributed by atoms with van der Waals surface area (Å²) in [5.41, 5.74) is 2.16. The summed E-state index contributed by atoms with van der Waals surface area (Å²) in [6, 6.07) is 5.56. The number of fused-ring (bicyclic) bond motifs is 1. The molecule has 2 N–H and O–H groups in total. The lowest BCUT2D eigenvalue weighted by Gasteiger charge is -1.99. The molecular weight excluding hydrogens is 236 g/mol. The number of aromatic nitrogens is 1. The van der Waals surface area contributed by atoms with Gasteiger partial charge in [0.25, 0.3) is 0 Å². The molecule has 2 rings (SSSR count). The molecule has 1 aromatic heterocycles. The molecule has 6 nitrogen and oxygen atoms in total. The lowest BCUT2D eigenvalue weighted by atomic mass is 10.1. The number of carbonyl (C=O) groups is 2. The summed E-state index contributed by atoms with van der Waals surface area (Å²) >= 11 is 0. The molecule has 0 radical (unpaired) electrons. The largest absolute Gasteiger partial charge is 0.480 e. The normalized spacial score (nSPS) is 10.5. The highest BCUT2D eigenvalue weighted by molar-refractivity contribution is 5.88. The van der Waals surface area contributed by atoms with Crippen LogP contribution in [0.15, 0.2) is 22.7 Å². The number of amides is 1. The second kappa shape index (κ2) is 4.87. The van der Waals surface area contributed by atoms with E-state index >= 15 is 0 Å². The van der Waals surface area contributed by atoms with Crippen molar-refractivity contribution < 1.29 is 19.2 Å². The Bertz CT molecular complexity index is 603. The van der Waals surface area contributed by atoms with Gasteiger partial charge in [-0.3, -0.25) is 9.59 Å². The highest BCUT2D eigenvalue weighted by Crippen LogP contribution is 2.20. The van der Waals surface area contributed by atoms with Crippen molar-refractivity contribution in [2.45, 2.75) is 13.3 Å². The predicted molar refractivity (Wildman–Crippen MR) is 63.1 cm³/mol. The Kier molecular flexibility index (Phi) is 3.27. The molecule has 0 bridgehead atoms. The molecule has 18 heavy (non-hydrogen) atoms. The number of hydrogen-bond donors (Lipinski definition) is 2. The first-order valence-electron chi connectivity index (χ1n) is 5.39. The Balaban J connectivity index is 2.14. The van der Waals surface area contributed by atoms with Gasteiger partial charge < -0.3 is 14.9 Å². The average Bonchev–Trinajstić information content (AvgIpc) is 2.69. The van der Waals surface area contributed by atoms with Crippen LogP contribution in [0.2, 0.25) is 0 Å². The maximum Gasteiger partial charge on any atom is 0.322 e. The third-order valence-electron chi connectivity index (χ3n) is 2.46. The number of nitrogens with one attached hydrogen (secondary N) is 1. The summed E-state index contributed by atoms with van der Waals surface area (Å²) in [5, 5.41) is 15.3. The van der Waals surface area contributed by atoms with Gasteiger partial charge in [0.1, 0.15) is 12.2 Å². The number of nitrogens with zero attached hydrogens (tertiary/aromatic N) is 1. The standard InChI is InChI=1S/C12H12N2O4/c1-7-2-3-10-8(4-7)9(14-18-10)5-11(15)13-6-12(16)17/h2-4H,5-6H2,1H3,(H,13,15)(H,16,17). The third kappa shape index (κ3) is 2.65. The van der Waals surface area contributed by atoms with Crippen LogP contribution < -0.4 is 5.32 Å². The van der Waals surface area contributed by atoms with E-state index in [4.69, 9.17) is 9.63 Å². The lowest BCUT2D eigenvalue weighted by Crippen LogP contribution is -2.30. The summed E-state index contributed by atoms with van der Waals surface area (Å²) in [6.45, 7) is 1.54. The van der Waals surface area contributed by atoms with Crippen LogP contribution in [0.1, 0.15) is 11.3 Å². The minimum atomic E-state index is -1.08. The van der Waals surface area contributed by atoms with Crippen LogP contribution in [-0.2, 0) is 16.0 Å². The van der Waals surface area contributed by atoms with Crippen LogP contribution >= 0.6 is 0 Å². The van der Waals surface area contributed by atoms with Crippen LogP contribution in [0.25, 0.3) is 11.0 Å². The van der Waals surface area contributed by atoms with Gasteiger partial charge in [0, 0.05) is 5.39 Å². The molecule has 2 aromatic rings. The molecule has 1 heterocycles. The number of carboxylic acids is 1. The number of rotatable bonds is 4. The van der Waals surface area contributed by atoms with Gasteiger partial charge in [-0.25, -0.2) is 0 Å². The van der Waals surface area contributed by atoms with E-state index in [1.165, 1.54) is 0 Å². The number of benzene rings is 1. The van der Waals surface area contributed by atoms with Gasteiger partial charge in [-0.15, -0.1) is 0 Å². The Morgan fingerprint density at radius 1 is 1.44 bits per heavy atom. The van der Waals surface area contributed by atoms with E-state index in [0.29, 0.717) is 11.3 Å². The zero-order chi connectivity index (χ0) is 13.1. The Morgan fingerprint density at radius 3 is 2.94 bits per heavy atom. The molecular formula is C12H12N2O4. The highest BCUT2D eigenvalue weighted by Gasteiger charge is 2.12. The van der Waals surface area contributed by atoms with Gasteiger partial charge in [-0.1, -0.05) is 16.8 Å². The van der Waals surface area contributed by atoms with Crippen molar-refractivity contribution in [2.75, 3.05) is 6.54 Å². The van der Waals surface area contributed by atoms with Crippen molar-refractivity contribution in [1.29, 1.82) is 0 Å². The maximum atomic E-state index is 11.5. The molecule has 0 unspecified atom stereocenters. The first-order chi connectivity index (χ1) is 8.56. The molecule has 0 fully saturated rings. The van der Waals surface area contributed by atoms with E-state index in [0.717, 1.165) is 10.9 Å². The molecule has 0 saturated heterocycles. The molecule has 94 valence electrons. The fraction of sp³-hybridized carbons (Fsp3) is 0.250. The Labute approximate surface area is 103 Å². The molecule has 0 aliphatic rings. The SMILES string of the molecule is Cc1ccc2onc(CC(=O)NCC(=O)O)c2c1. The van der Waals surface area contributed by atoms with Gasteiger partial charge in [0.15, 0.2) is 5.58 Å². The van der Waals surface area contributed by atoms with Crippen LogP contribution in [0.4, 0.5) is 0 Å². The Hall–Kier alpha value is -2.37. The van der Waals surface area contributed by atoms with E-state index in [9.17, 15) is 9.59 Å². The predicted octanol–water partition coefficient (Wildman–Crippen LogP) is 0.880. The zero-order valence-corrected chi connectivity index (χ0v) is 9.77. The summed E-state index contributed by atoms with van der Waals surface area (Å²) in [7, 11) is 0. The van der Waals surface area contributed by atoms with Crippen molar-refractivity contribution in [2.24, 2.45) is 0 Å². The molecule has 1 aromatic carbocycles. The number of aryl methyl sites for hydroxylation is 1. The minimum Gasteiger partial charge on any atom is -0.480 e. The molecule has 0 spiro atoms. The molecule has 0 saturated carbocycles. The summed E-state index contributed by atoms with van der Waals surface area (Å²) in [6.07, 6.45) is 0.00370. The molecule has 0 aliphatic heterocycles. The fourth-order valence-electron chi connectivity index (χ4n) is 1.62. The molecule has 0 atom stereocenters. The molecule has 6 heteroatoms. The number of carboxylic acid groups (broad SMARTS) is 1. The van der Waals surface area contributed by atoms with Gasteiger partial charge in [0.05, 0.1) is 6.42 Å². The van der Waals surface area contributed by atoms with Crippen molar-refractivity contribution in [1.82, 2.24) is 10.5 Å². The van der Waals surface area contributed by atoms with Gasteiger partial charge in [-0.2, -0.15) is 0 Å². The second-order valence-corrected chi connectivity index (χ2v) is 3.98. The topological polar surface area (TPSA) is 92.4 Å².